The summed E-state index contributed by atoms with van der Waals surface area (Å²) in [4.78, 5) is 54.2. The number of anilines is 3. The van der Waals surface area contributed by atoms with Crippen LogP contribution in [0.2, 0.25) is 0 Å². The van der Waals surface area contributed by atoms with Crippen LogP contribution in [-0.4, -0.2) is 50.4 Å². The molecule has 4 amide bonds. The van der Waals surface area contributed by atoms with E-state index in [1.807, 2.05) is 66.7 Å². The molecule has 2 N–H and O–H groups in total. The predicted molar refractivity (Wildman–Crippen MR) is 180 cm³/mol. The first-order chi connectivity index (χ1) is 22.6. The van der Waals surface area contributed by atoms with Crippen LogP contribution in [-0.2, 0) is 19.2 Å². The molecule has 6 atom stereocenters. The number of halogens is 2. The maximum atomic E-state index is 14.3. The number of nitrogens with zero attached hydrogens (tertiary/aromatic N) is 2. The molecule has 0 radical (unpaired) electrons. The number of allylic oxidation sites excluding steroid dienone is 2. The highest BCUT2D eigenvalue weighted by atomic mass is 35.5. The first kappa shape index (κ1) is 29.7. The quantitative estimate of drug-likeness (QED) is 0.147. The van der Waals surface area contributed by atoms with Crippen LogP contribution in [0.4, 0.5) is 17.1 Å². The second-order valence-corrected chi connectivity index (χ2v) is 14.0. The Balaban J connectivity index is 1.21. The number of hydrogen-bond donors (Lipinski definition) is 2. The number of imide groups is 2. The molecule has 2 heterocycles. The second-order valence-electron chi connectivity index (χ2n) is 12.8. The molecular weight excluding hydrogens is 637 g/mol. The Kier molecular flexibility index (Phi) is 6.59. The normalized spacial score (nSPS) is 29.9. The third-order valence-electron chi connectivity index (χ3n) is 10.4. The van der Waals surface area contributed by atoms with Crippen molar-refractivity contribution in [2.75, 3.05) is 17.3 Å². The van der Waals surface area contributed by atoms with Gasteiger partial charge in [0.15, 0.2) is 9.75 Å². The van der Waals surface area contributed by atoms with Gasteiger partial charge in [-0.05, 0) is 60.5 Å². The number of amides is 4. The molecule has 2 aliphatic heterocycles. The van der Waals surface area contributed by atoms with Crippen molar-refractivity contribution in [2.24, 2.45) is 17.8 Å². The van der Waals surface area contributed by atoms with Crippen molar-refractivity contribution >= 4 is 74.7 Å². The molecular formula is C37H29Cl2N3O5. The van der Waals surface area contributed by atoms with Gasteiger partial charge in [0, 0.05) is 35.3 Å². The van der Waals surface area contributed by atoms with Gasteiger partial charge >= 0.3 is 0 Å². The largest absolute Gasteiger partial charge is 0.507 e. The third kappa shape index (κ3) is 4.01. The van der Waals surface area contributed by atoms with Crippen molar-refractivity contribution in [3.63, 3.8) is 0 Å². The van der Waals surface area contributed by atoms with Gasteiger partial charge in [-0.15, -0.1) is 23.2 Å². The first-order valence-electron chi connectivity index (χ1n) is 15.5. The molecule has 8 rings (SSSR count). The fourth-order valence-electron chi connectivity index (χ4n) is 8.23. The van der Waals surface area contributed by atoms with Crippen molar-refractivity contribution in [3.05, 3.63) is 108 Å². The van der Waals surface area contributed by atoms with Crippen LogP contribution < -0.4 is 10.2 Å². The summed E-state index contributed by atoms with van der Waals surface area (Å²) in [5.74, 6) is -5.37. The Hall–Kier alpha value is -4.66. The zero-order valence-electron chi connectivity index (χ0n) is 25.2. The summed E-state index contributed by atoms with van der Waals surface area (Å²) in [6.07, 6.45) is 1.98. The van der Waals surface area contributed by atoms with Gasteiger partial charge in [-0.3, -0.25) is 29.0 Å². The van der Waals surface area contributed by atoms with Gasteiger partial charge < -0.3 is 10.4 Å². The lowest BCUT2D eigenvalue weighted by atomic mass is 9.56. The zero-order chi connectivity index (χ0) is 32.8. The van der Waals surface area contributed by atoms with E-state index in [1.54, 1.807) is 30.3 Å². The van der Waals surface area contributed by atoms with E-state index in [9.17, 15) is 24.3 Å². The lowest BCUT2D eigenvalue weighted by molar-refractivity contribution is -0.138. The minimum Gasteiger partial charge on any atom is -0.507 e. The molecule has 6 unspecified atom stereocenters. The number of benzene rings is 4. The van der Waals surface area contributed by atoms with E-state index >= 15 is 0 Å². The van der Waals surface area contributed by atoms with Gasteiger partial charge in [0.05, 0.1) is 17.5 Å². The fraction of sp³-hybridized carbons (Fsp3) is 0.243. The maximum Gasteiger partial charge on any atom is 0.253 e. The SMILES string of the molecule is CN1C(=O)C2(Cl)CC3C(=CCC4C(=O)N(c5ccc(Nc6ccccc6)cc5)C(=O)C43)C(c3ccc4ccccc4c3O)C2(Cl)C1=O. The number of phenolic OH excluding ortho intramolecular Hbond substituents is 1. The minimum atomic E-state index is -1.97. The molecule has 47 heavy (non-hydrogen) atoms. The van der Waals surface area contributed by atoms with Crippen LogP contribution in [0.15, 0.2) is 103 Å². The van der Waals surface area contributed by atoms with Crippen LogP contribution in [0.1, 0.15) is 24.3 Å². The summed E-state index contributed by atoms with van der Waals surface area (Å²) >= 11 is 14.6. The molecule has 4 aliphatic rings. The standard InChI is InChI=1S/C37H29Cl2N3O5/c1-41-34(46)36(38)19-28-25(30(37(36,39)35(41)47)27-16-11-20-7-5-6-10-24(20)31(27)43)17-18-26-29(28)33(45)42(32(26)44)23-14-12-22(13-15-23)40-21-8-3-2-4-9-21/h2-17,26,28-30,40,43H,18-19H2,1H3. The average molecular weight is 667 g/mol. The van der Waals surface area contributed by atoms with E-state index in [2.05, 4.69) is 5.32 Å². The molecule has 4 aromatic rings. The van der Waals surface area contributed by atoms with Gasteiger partial charge in [-0.2, -0.15) is 0 Å². The van der Waals surface area contributed by atoms with E-state index in [4.69, 9.17) is 23.2 Å². The predicted octanol–water partition coefficient (Wildman–Crippen LogP) is 6.48. The summed E-state index contributed by atoms with van der Waals surface area (Å²) in [5, 5.41) is 16.3. The smallest absolute Gasteiger partial charge is 0.253 e. The first-order valence-corrected chi connectivity index (χ1v) is 16.2. The van der Waals surface area contributed by atoms with E-state index in [-0.39, 0.29) is 24.5 Å². The van der Waals surface area contributed by atoms with E-state index in [0.29, 0.717) is 22.2 Å². The van der Waals surface area contributed by atoms with Crippen molar-refractivity contribution < 1.29 is 24.3 Å². The molecule has 0 bridgehead atoms. The van der Waals surface area contributed by atoms with Crippen molar-refractivity contribution in [2.45, 2.75) is 28.5 Å². The van der Waals surface area contributed by atoms with Gasteiger partial charge in [-0.1, -0.05) is 66.2 Å². The summed E-state index contributed by atoms with van der Waals surface area (Å²) in [5.41, 5.74) is 3.10. The molecule has 0 aromatic heterocycles. The Morgan fingerprint density at radius 1 is 0.787 bits per heavy atom. The Labute approximate surface area is 280 Å². The number of aromatic hydroxyl groups is 1. The third-order valence-corrected chi connectivity index (χ3v) is 11.9. The van der Waals surface area contributed by atoms with Crippen molar-refractivity contribution in [1.82, 2.24) is 4.90 Å². The lowest BCUT2D eigenvalue weighted by Crippen LogP contribution is -2.60. The number of para-hydroxylation sites is 1. The number of hydrogen-bond acceptors (Lipinski definition) is 6. The number of nitrogens with one attached hydrogen (secondary N) is 1. The van der Waals surface area contributed by atoms with Crippen LogP contribution in [0, 0.1) is 17.8 Å². The molecule has 2 saturated heterocycles. The highest BCUT2D eigenvalue weighted by Crippen LogP contribution is 2.66. The maximum absolute atomic E-state index is 14.3. The minimum absolute atomic E-state index is 0.0785. The van der Waals surface area contributed by atoms with Crippen molar-refractivity contribution in [1.29, 1.82) is 0 Å². The summed E-state index contributed by atoms with van der Waals surface area (Å²) in [7, 11) is 1.34. The number of likely N-dealkylation sites (tertiary alicyclic amines) is 1. The van der Waals surface area contributed by atoms with Crippen LogP contribution >= 0.6 is 23.2 Å². The number of carbonyl (C=O) groups is 4. The number of fused-ring (bicyclic) bond motifs is 5. The van der Waals surface area contributed by atoms with Gasteiger partial charge in [-0.25, -0.2) is 0 Å². The van der Waals surface area contributed by atoms with Crippen LogP contribution in [0.25, 0.3) is 10.8 Å². The number of carbonyl (C=O) groups excluding carboxylic acids is 4. The molecule has 10 heteroatoms. The number of phenols is 1. The molecule has 0 spiro atoms. The van der Waals surface area contributed by atoms with E-state index in [1.165, 1.54) is 11.9 Å². The fourth-order valence-corrected chi connectivity index (χ4v) is 9.24. The summed E-state index contributed by atoms with van der Waals surface area (Å²) in [6.45, 7) is 0. The Morgan fingerprint density at radius 3 is 2.21 bits per heavy atom. The van der Waals surface area contributed by atoms with Gasteiger partial charge in [0.1, 0.15) is 5.75 Å². The summed E-state index contributed by atoms with van der Waals surface area (Å²) in [6, 6.07) is 27.5. The van der Waals surface area contributed by atoms with Crippen LogP contribution in [0.3, 0.4) is 0 Å². The highest BCUT2D eigenvalue weighted by Gasteiger charge is 2.76. The molecule has 2 aliphatic carbocycles. The Bertz CT molecular complexity index is 2050. The number of rotatable bonds is 4. The molecule has 236 valence electrons. The molecule has 8 nitrogen and oxygen atoms in total. The lowest BCUT2D eigenvalue weighted by Gasteiger charge is -2.50. The van der Waals surface area contributed by atoms with E-state index in [0.717, 1.165) is 21.7 Å². The van der Waals surface area contributed by atoms with Gasteiger partial charge in [0.25, 0.3) is 11.8 Å². The molecule has 3 fully saturated rings. The summed E-state index contributed by atoms with van der Waals surface area (Å²) < 4.78 is 0. The molecule has 4 aromatic carbocycles. The Morgan fingerprint density at radius 2 is 1.47 bits per heavy atom. The zero-order valence-corrected chi connectivity index (χ0v) is 26.7. The topological polar surface area (TPSA) is 107 Å². The highest BCUT2D eigenvalue weighted by molar-refractivity contribution is 6.53. The van der Waals surface area contributed by atoms with Gasteiger partial charge in [0.2, 0.25) is 11.8 Å². The number of alkyl halides is 2. The second kappa shape index (κ2) is 10.4. The van der Waals surface area contributed by atoms with Crippen LogP contribution in [0.5, 0.6) is 5.75 Å². The molecule has 1 saturated carbocycles. The monoisotopic (exact) mass is 665 g/mol. The van der Waals surface area contributed by atoms with Crippen molar-refractivity contribution in [3.8, 4) is 5.75 Å². The van der Waals surface area contributed by atoms with E-state index < -0.39 is 51.1 Å². The average Bonchev–Trinajstić information content (AvgIpc) is 3.41.